The Kier molecular flexibility index (Phi) is 4.92. The van der Waals surface area contributed by atoms with Crippen molar-refractivity contribution in [3.63, 3.8) is 0 Å². The molecule has 1 fully saturated rings. The molecule has 5 nitrogen and oxygen atoms in total. The van der Waals surface area contributed by atoms with Gasteiger partial charge in [0.15, 0.2) is 5.84 Å². The summed E-state index contributed by atoms with van der Waals surface area (Å²) < 4.78 is 19.6. The van der Waals surface area contributed by atoms with Gasteiger partial charge in [0.25, 0.3) is 0 Å². The zero-order valence-corrected chi connectivity index (χ0v) is 11.6. The van der Waals surface area contributed by atoms with Crippen LogP contribution in [0.15, 0.2) is 23.4 Å². The molecule has 0 aliphatic carbocycles. The van der Waals surface area contributed by atoms with E-state index in [-0.39, 0.29) is 11.4 Å². The van der Waals surface area contributed by atoms with Crippen LogP contribution < -0.4 is 5.73 Å². The van der Waals surface area contributed by atoms with Crippen LogP contribution in [0.3, 0.4) is 0 Å². The van der Waals surface area contributed by atoms with Crippen LogP contribution in [0.1, 0.15) is 24.0 Å². The Hall–Kier alpha value is -1.66. The lowest BCUT2D eigenvalue weighted by Gasteiger charge is -2.31. The first-order chi connectivity index (χ1) is 9.63. The fourth-order valence-corrected chi connectivity index (χ4v) is 2.48. The number of nitrogens with two attached hydrogens (primary N) is 1. The number of oxime groups is 1. The number of hydrogen-bond donors (Lipinski definition) is 2. The molecule has 1 aliphatic rings. The monoisotopic (exact) mass is 281 g/mol. The maximum Gasteiger partial charge on any atom is 0.173 e. The Morgan fingerprint density at radius 1 is 1.50 bits per heavy atom. The SMILES string of the molecule is CN(Cc1cccc(/C(N)=N/O)c1F)C1CCOCC1. The van der Waals surface area contributed by atoms with Gasteiger partial charge in [-0.2, -0.15) is 0 Å². The van der Waals surface area contributed by atoms with Crippen LogP contribution in [0.25, 0.3) is 0 Å². The highest BCUT2D eigenvalue weighted by Gasteiger charge is 2.20. The van der Waals surface area contributed by atoms with Crippen molar-refractivity contribution in [3.8, 4) is 0 Å². The average Bonchev–Trinajstić information content (AvgIpc) is 2.49. The van der Waals surface area contributed by atoms with Gasteiger partial charge in [-0.25, -0.2) is 4.39 Å². The molecule has 0 amide bonds. The molecule has 1 heterocycles. The zero-order valence-electron chi connectivity index (χ0n) is 11.6. The summed E-state index contributed by atoms with van der Waals surface area (Å²) in [6, 6.07) is 5.33. The van der Waals surface area contributed by atoms with E-state index >= 15 is 0 Å². The van der Waals surface area contributed by atoms with Crippen molar-refractivity contribution >= 4 is 5.84 Å². The predicted octanol–water partition coefficient (Wildman–Crippen LogP) is 1.53. The van der Waals surface area contributed by atoms with E-state index in [1.54, 1.807) is 12.1 Å². The van der Waals surface area contributed by atoms with Gasteiger partial charge in [0, 0.05) is 31.4 Å². The van der Waals surface area contributed by atoms with E-state index in [4.69, 9.17) is 15.7 Å². The Labute approximate surface area is 117 Å². The molecule has 0 unspecified atom stereocenters. The lowest BCUT2D eigenvalue weighted by molar-refractivity contribution is 0.0404. The van der Waals surface area contributed by atoms with Crippen LogP contribution in [-0.2, 0) is 11.3 Å². The lowest BCUT2D eigenvalue weighted by atomic mass is 10.0. The molecule has 0 atom stereocenters. The third kappa shape index (κ3) is 3.26. The quantitative estimate of drug-likeness (QED) is 0.380. The summed E-state index contributed by atoms with van der Waals surface area (Å²) >= 11 is 0. The normalized spacial score (nSPS) is 17.6. The molecule has 0 radical (unpaired) electrons. The van der Waals surface area contributed by atoms with Gasteiger partial charge < -0.3 is 15.7 Å². The van der Waals surface area contributed by atoms with Crippen LogP contribution in [0.4, 0.5) is 4.39 Å². The van der Waals surface area contributed by atoms with E-state index in [0.29, 0.717) is 18.2 Å². The first-order valence-electron chi connectivity index (χ1n) is 6.66. The minimum atomic E-state index is -0.429. The summed E-state index contributed by atoms with van der Waals surface area (Å²) in [5, 5.41) is 11.5. The molecule has 0 spiro atoms. The number of halogens is 1. The average molecular weight is 281 g/mol. The van der Waals surface area contributed by atoms with E-state index in [1.165, 1.54) is 6.07 Å². The molecule has 20 heavy (non-hydrogen) atoms. The molecule has 1 saturated heterocycles. The maximum absolute atomic E-state index is 14.3. The van der Waals surface area contributed by atoms with E-state index in [2.05, 4.69) is 10.1 Å². The maximum atomic E-state index is 14.3. The van der Waals surface area contributed by atoms with E-state index < -0.39 is 5.82 Å². The molecule has 2 rings (SSSR count). The number of hydrogen-bond acceptors (Lipinski definition) is 4. The number of ether oxygens (including phenoxy) is 1. The van der Waals surface area contributed by atoms with Crippen LogP contribution in [0, 0.1) is 5.82 Å². The molecular weight excluding hydrogens is 261 g/mol. The summed E-state index contributed by atoms with van der Waals surface area (Å²) in [5.74, 6) is -0.639. The smallest absolute Gasteiger partial charge is 0.173 e. The van der Waals surface area contributed by atoms with Crippen LogP contribution in [0.2, 0.25) is 0 Å². The first kappa shape index (κ1) is 14.7. The van der Waals surface area contributed by atoms with Gasteiger partial charge in [0.1, 0.15) is 5.82 Å². The van der Waals surface area contributed by atoms with Gasteiger partial charge in [-0.1, -0.05) is 17.3 Å². The minimum absolute atomic E-state index is 0.130. The van der Waals surface area contributed by atoms with Gasteiger partial charge in [0.05, 0.1) is 5.56 Å². The fourth-order valence-electron chi connectivity index (χ4n) is 2.48. The first-order valence-corrected chi connectivity index (χ1v) is 6.66. The van der Waals surface area contributed by atoms with E-state index in [1.807, 2.05) is 7.05 Å². The molecular formula is C14H20FN3O2. The van der Waals surface area contributed by atoms with Gasteiger partial charge in [-0.15, -0.1) is 0 Å². The Balaban J connectivity index is 2.12. The zero-order chi connectivity index (χ0) is 14.5. The highest BCUT2D eigenvalue weighted by molar-refractivity contribution is 5.97. The van der Waals surface area contributed by atoms with E-state index in [9.17, 15) is 4.39 Å². The van der Waals surface area contributed by atoms with Gasteiger partial charge in [0.2, 0.25) is 0 Å². The molecule has 0 bridgehead atoms. The van der Waals surface area contributed by atoms with Crippen molar-refractivity contribution in [2.24, 2.45) is 10.9 Å². The minimum Gasteiger partial charge on any atom is -0.409 e. The Morgan fingerprint density at radius 2 is 2.20 bits per heavy atom. The molecule has 110 valence electrons. The van der Waals surface area contributed by atoms with Crippen molar-refractivity contribution in [2.75, 3.05) is 20.3 Å². The van der Waals surface area contributed by atoms with Crippen LogP contribution in [0.5, 0.6) is 0 Å². The molecule has 0 saturated carbocycles. The summed E-state index contributed by atoms with van der Waals surface area (Å²) in [4.78, 5) is 2.12. The van der Waals surface area contributed by atoms with E-state index in [0.717, 1.165) is 26.1 Å². The lowest BCUT2D eigenvalue weighted by Crippen LogP contribution is -2.36. The Bertz CT molecular complexity index is 487. The van der Waals surface area contributed by atoms with Crippen molar-refractivity contribution in [3.05, 3.63) is 35.1 Å². The van der Waals surface area contributed by atoms with Gasteiger partial charge in [-0.3, -0.25) is 4.90 Å². The second-order valence-corrected chi connectivity index (χ2v) is 5.02. The standard InChI is InChI=1S/C14H20FN3O2/c1-18(11-5-7-20-8-6-11)9-10-3-2-4-12(13(10)15)14(16)17-19/h2-4,11,19H,5-9H2,1H3,(H2,16,17). The number of nitrogens with zero attached hydrogens (tertiary/aromatic N) is 2. The second-order valence-electron chi connectivity index (χ2n) is 5.02. The number of amidine groups is 1. The molecule has 1 aromatic rings. The summed E-state index contributed by atoms with van der Waals surface area (Å²) in [5.41, 5.74) is 6.14. The third-order valence-corrected chi connectivity index (χ3v) is 3.70. The number of benzene rings is 1. The number of rotatable bonds is 4. The van der Waals surface area contributed by atoms with Crippen LogP contribution >= 0.6 is 0 Å². The topological polar surface area (TPSA) is 71.1 Å². The molecule has 1 aromatic carbocycles. The molecule has 3 N–H and O–H groups in total. The van der Waals surface area contributed by atoms with Crippen molar-refractivity contribution in [1.29, 1.82) is 0 Å². The third-order valence-electron chi connectivity index (χ3n) is 3.70. The summed E-state index contributed by atoms with van der Waals surface area (Å²) in [6.07, 6.45) is 1.91. The van der Waals surface area contributed by atoms with Gasteiger partial charge >= 0.3 is 0 Å². The van der Waals surface area contributed by atoms with Crippen molar-refractivity contribution in [1.82, 2.24) is 4.90 Å². The molecule has 6 heteroatoms. The van der Waals surface area contributed by atoms with Crippen molar-refractivity contribution in [2.45, 2.75) is 25.4 Å². The fraction of sp³-hybridized carbons (Fsp3) is 0.500. The molecule has 1 aliphatic heterocycles. The summed E-state index contributed by atoms with van der Waals surface area (Å²) in [6.45, 7) is 1.99. The van der Waals surface area contributed by atoms with Gasteiger partial charge in [-0.05, 0) is 26.0 Å². The second kappa shape index (κ2) is 6.67. The van der Waals surface area contributed by atoms with Crippen molar-refractivity contribution < 1.29 is 14.3 Å². The highest BCUT2D eigenvalue weighted by atomic mass is 19.1. The molecule has 0 aromatic heterocycles. The summed E-state index contributed by atoms with van der Waals surface area (Å²) in [7, 11) is 1.98. The largest absolute Gasteiger partial charge is 0.409 e. The predicted molar refractivity (Wildman–Crippen MR) is 74.2 cm³/mol. The van der Waals surface area contributed by atoms with Crippen LogP contribution in [-0.4, -0.2) is 42.2 Å². The Morgan fingerprint density at radius 3 is 2.85 bits per heavy atom. The highest BCUT2D eigenvalue weighted by Crippen LogP contribution is 2.19.